The average Bonchev–Trinajstić information content (AvgIpc) is 2.91. The van der Waals surface area contributed by atoms with E-state index in [2.05, 4.69) is 4.98 Å². The number of benzene rings is 1. The smallest absolute Gasteiger partial charge is 0.244 e. The number of ether oxygens (including phenoxy) is 1. The highest BCUT2D eigenvalue weighted by Gasteiger charge is 2.27. The molecule has 0 atom stereocenters. The van der Waals surface area contributed by atoms with Gasteiger partial charge in [0.15, 0.2) is 11.6 Å². The zero-order chi connectivity index (χ0) is 19.4. The van der Waals surface area contributed by atoms with Crippen molar-refractivity contribution in [1.82, 2.24) is 9.29 Å². The van der Waals surface area contributed by atoms with Crippen LogP contribution in [0.4, 0.5) is 14.5 Å². The van der Waals surface area contributed by atoms with Gasteiger partial charge in [-0.3, -0.25) is 0 Å². The van der Waals surface area contributed by atoms with Crippen LogP contribution in [0.3, 0.4) is 0 Å². The standard InChI is InChI=1S/C18H21F2N3O3S/c1-2-26-18-7-5-15(13-21-18)27(24,25)23-9-3-8-22(10-11-23)14-4-6-16(19)17(20)12-14/h4-7,12-13H,2-3,8-11H2,1H3. The highest BCUT2D eigenvalue weighted by Crippen LogP contribution is 2.23. The fraction of sp³-hybridized carbons (Fsp3) is 0.389. The molecule has 27 heavy (non-hydrogen) atoms. The van der Waals surface area contributed by atoms with Crippen molar-refractivity contribution < 1.29 is 21.9 Å². The lowest BCUT2D eigenvalue weighted by molar-refractivity contribution is 0.326. The lowest BCUT2D eigenvalue weighted by Crippen LogP contribution is -2.35. The second kappa shape index (κ2) is 8.18. The van der Waals surface area contributed by atoms with Crippen molar-refractivity contribution in [2.45, 2.75) is 18.2 Å². The fourth-order valence-electron chi connectivity index (χ4n) is 2.98. The van der Waals surface area contributed by atoms with Gasteiger partial charge in [0, 0.05) is 44.0 Å². The molecule has 1 aliphatic heterocycles. The summed E-state index contributed by atoms with van der Waals surface area (Å²) in [5.41, 5.74) is 0.538. The maximum Gasteiger partial charge on any atom is 0.244 e. The van der Waals surface area contributed by atoms with Crippen LogP contribution in [0.25, 0.3) is 0 Å². The molecule has 0 spiro atoms. The van der Waals surface area contributed by atoms with E-state index in [0.29, 0.717) is 44.2 Å². The highest BCUT2D eigenvalue weighted by atomic mass is 32.2. The van der Waals surface area contributed by atoms with Gasteiger partial charge in [0.05, 0.1) is 12.8 Å². The van der Waals surface area contributed by atoms with Gasteiger partial charge in [-0.05, 0) is 31.5 Å². The Kier molecular flexibility index (Phi) is 5.91. The van der Waals surface area contributed by atoms with E-state index in [1.807, 2.05) is 11.8 Å². The molecule has 6 nitrogen and oxygen atoms in total. The van der Waals surface area contributed by atoms with Gasteiger partial charge in [-0.15, -0.1) is 0 Å². The lowest BCUT2D eigenvalue weighted by atomic mass is 10.2. The average molecular weight is 397 g/mol. The number of aromatic nitrogens is 1. The summed E-state index contributed by atoms with van der Waals surface area (Å²) >= 11 is 0. The molecule has 0 N–H and O–H groups in total. The first kappa shape index (κ1) is 19.5. The van der Waals surface area contributed by atoms with Gasteiger partial charge in [-0.1, -0.05) is 0 Å². The van der Waals surface area contributed by atoms with Crippen molar-refractivity contribution in [1.29, 1.82) is 0 Å². The summed E-state index contributed by atoms with van der Waals surface area (Å²) in [4.78, 5) is 5.98. The SMILES string of the molecule is CCOc1ccc(S(=O)(=O)N2CCCN(c3ccc(F)c(F)c3)CC2)cn1. The lowest BCUT2D eigenvalue weighted by Gasteiger charge is -2.23. The molecule has 0 bridgehead atoms. The largest absolute Gasteiger partial charge is 0.478 e. The van der Waals surface area contributed by atoms with E-state index >= 15 is 0 Å². The predicted molar refractivity (Wildman–Crippen MR) is 97.4 cm³/mol. The van der Waals surface area contributed by atoms with E-state index in [9.17, 15) is 17.2 Å². The quantitative estimate of drug-likeness (QED) is 0.776. The molecule has 146 valence electrons. The van der Waals surface area contributed by atoms with Crippen molar-refractivity contribution >= 4 is 15.7 Å². The Morgan fingerprint density at radius 2 is 1.89 bits per heavy atom. The number of nitrogens with zero attached hydrogens (tertiary/aromatic N) is 3. The third kappa shape index (κ3) is 4.36. The molecule has 0 aliphatic carbocycles. The monoisotopic (exact) mass is 397 g/mol. The van der Waals surface area contributed by atoms with Crippen molar-refractivity contribution in [3.63, 3.8) is 0 Å². The van der Waals surface area contributed by atoms with Crippen molar-refractivity contribution in [2.75, 3.05) is 37.7 Å². The third-order valence-corrected chi connectivity index (χ3v) is 6.24. The zero-order valence-corrected chi connectivity index (χ0v) is 15.8. The number of hydrogen-bond acceptors (Lipinski definition) is 5. The van der Waals surface area contributed by atoms with Crippen LogP contribution in [0.5, 0.6) is 5.88 Å². The van der Waals surface area contributed by atoms with E-state index in [1.54, 1.807) is 0 Å². The highest BCUT2D eigenvalue weighted by molar-refractivity contribution is 7.89. The predicted octanol–water partition coefficient (Wildman–Crippen LogP) is 2.66. The first-order valence-corrected chi connectivity index (χ1v) is 10.1. The Hall–Kier alpha value is -2.26. The number of hydrogen-bond donors (Lipinski definition) is 0. The van der Waals surface area contributed by atoms with E-state index in [0.717, 1.165) is 12.1 Å². The van der Waals surface area contributed by atoms with Gasteiger partial charge in [-0.2, -0.15) is 4.31 Å². The Labute approximate surface area is 157 Å². The molecule has 0 saturated carbocycles. The van der Waals surface area contributed by atoms with E-state index in [1.165, 1.54) is 28.7 Å². The maximum atomic E-state index is 13.5. The Morgan fingerprint density at radius 3 is 2.56 bits per heavy atom. The number of rotatable bonds is 5. The van der Waals surface area contributed by atoms with Crippen LogP contribution < -0.4 is 9.64 Å². The molecule has 0 amide bonds. The molecule has 3 rings (SSSR count). The summed E-state index contributed by atoms with van der Waals surface area (Å²) in [7, 11) is -3.68. The van der Waals surface area contributed by atoms with Crippen LogP contribution >= 0.6 is 0 Å². The molecule has 1 aliphatic rings. The minimum atomic E-state index is -3.68. The molecule has 0 radical (unpaired) electrons. The topological polar surface area (TPSA) is 62.7 Å². The van der Waals surface area contributed by atoms with Crippen LogP contribution in [0.1, 0.15) is 13.3 Å². The summed E-state index contributed by atoms with van der Waals surface area (Å²) in [6.07, 6.45) is 1.86. The second-order valence-corrected chi connectivity index (χ2v) is 8.05. The summed E-state index contributed by atoms with van der Waals surface area (Å²) in [5.74, 6) is -1.45. The van der Waals surface area contributed by atoms with Gasteiger partial charge < -0.3 is 9.64 Å². The Morgan fingerprint density at radius 1 is 1.07 bits per heavy atom. The van der Waals surface area contributed by atoms with Crippen molar-refractivity contribution in [3.8, 4) is 5.88 Å². The van der Waals surface area contributed by atoms with Crippen LogP contribution in [0, 0.1) is 11.6 Å². The first-order valence-electron chi connectivity index (χ1n) is 8.71. The van der Waals surface area contributed by atoms with Gasteiger partial charge in [-0.25, -0.2) is 22.2 Å². The molecule has 1 aromatic carbocycles. The molecule has 1 saturated heterocycles. The Balaban J connectivity index is 1.73. The molecule has 2 heterocycles. The molecular weight excluding hydrogens is 376 g/mol. The maximum absolute atomic E-state index is 13.5. The van der Waals surface area contributed by atoms with E-state index in [4.69, 9.17) is 4.74 Å². The zero-order valence-electron chi connectivity index (χ0n) is 14.9. The number of pyridine rings is 1. The van der Waals surface area contributed by atoms with E-state index < -0.39 is 21.7 Å². The summed E-state index contributed by atoms with van der Waals surface area (Å²) in [5, 5.41) is 0. The van der Waals surface area contributed by atoms with Gasteiger partial charge in [0.1, 0.15) is 4.90 Å². The minimum absolute atomic E-state index is 0.104. The molecule has 9 heteroatoms. The summed E-state index contributed by atoms with van der Waals surface area (Å²) < 4.78 is 59.0. The number of anilines is 1. The van der Waals surface area contributed by atoms with Gasteiger partial charge in [0.2, 0.25) is 15.9 Å². The minimum Gasteiger partial charge on any atom is -0.478 e. The normalized spacial score (nSPS) is 16.2. The fourth-order valence-corrected chi connectivity index (χ4v) is 4.39. The third-order valence-electron chi connectivity index (χ3n) is 4.36. The molecule has 1 fully saturated rings. The van der Waals surface area contributed by atoms with E-state index in [-0.39, 0.29) is 11.4 Å². The van der Waals surface area contributed by atoms with Gasteiger partial charge >= 0.3 is 0 Å². The van der Waals surface area contributed by atoms with Crippen LogP contribution in [0.2, 0.25) is 0 Å². The number of sulfonamides is 1. The molecule has 2 aromatic rings. The van der Waals surface area contributed by atoms with Crippen LogP contribution in [0.15, 0.2) is 41.4 Å². The Bertz CT molecular complexity index is 891. The molecule has 1 aromatic heterocycles. The summed E-state index contributed by atoms with van der Waals surface area (Å²) in [6, 6.07) is 6.72. The molecule has 0 unspecified atom stereocenters. The van der Waals surface area contributed by atoms with Gasteiger partial charge in [0.25, 0.3) is 0 Å². The second-order valence-electron chi connectivity index (χ2n) is 6.11. The molecular formula is C18H21F2N3O3S. The number of halogens is 2. The van der Waals surface area contributed by atoms with Crippen LogP contribution in [-0.4, -0.2) is 50.5 Å². The van der Waals surface area contributed by atoms with Crippen molar-refractivity contribution in [3.05, 3.63) is 48.2 Å². The first-order chi connectivity index (χ1) is 12.9. The van der Waals surface area contributed by atoms with Crippen LogP contribution in [-0.2, 0) is 10.0 Å². The van der Waals surface area contributed by atoms with Crippen molar-refractivity contribution in [2.24, 2.45) is 0 Å². The summed E-state index contributed by atoms with van der Waals surface area (Å²) in [6.45, 7) is 3.80.